The molecule has 0 aromatic rings. The lowest BCUT2D eigenvalue weighted by atomic mass is 10.2. The van der Waals surface area contributed by atoms with E-state index in [2.05, 4.69) is 0 Å². The van der Waals surface area contributed by atoms with Crippen molar-refractivity contribution in [2.75, 3.05) is 20.1 Å². The second-order valence-corrected chi connectivity index (χ2v) is 2.83. The number of carbonyl (C=O) groups excluding carboxylic acids is 1. The average molecular weight is 159 g/mol. The first-order valence-corrected chi connectivity index (χ1v) is 4.01. The van der Waals surface area contributed by atoms with Gasteiger partial charge in [0.1, 0.15) is 6.29 Å². The lowest BCUT2D eigenvalue weighted by molar-refractivity contribution is -0.108. The predicted molar refractivity (Wildman–Crippen MR) is 44.5 cm³/mol. The van der Waals surface area contributed by atoms with Crippen LogP contribution in [0.5, 0.6) is 0 Å². The summed E-state index contributed by atoms with van der Waals surface area (Å²) >= 11 is 0. The van der Waals surface area contributed by atoms with Crippen molar-refractivity contribution in [3.05, 3.63) is 0 Å². The Hall–Kier alpha value is -0.410. The molecule has 0 bridgehead atoms. The normalized spacial score (nSPS) is 13.5. The smallest absolute Gasteiger partial charge is 0.133 e. The van der Waals surface area contributed by atoms with E-state index in [9.17, 15) is 9.90 Å². The molecular weight excluding hydrogens is 142 g/mol. The second kappa shape index (κ2) is 6.31. The molecule has 0 radical (unpaired) electrons. The maximum Gasteiger partial charge on any atom is 0.133 e. The molecule has 1 atom stereocenters. The first-order chi connectivity index (χ1) is 5.20. The van der Waals surface area contributed by atoms with Crippen LogP contribution >= 0.6 is 0 Å². The summed E-state index contributed by atoms with van der Waals surface area (Å²) in [5.74, 6) is 0. The zero-order valence-corrected chi connectivity index (χ0v) is 7.29. The standard InChI is InChI=1S/C8H17NO2/c1-3-4-8(11)7-9(2)5-6-10/h6,8,11H,3-5,7H2,1-2H3. The second-order valence-electron chi connectivity index (χ2n) is 2.83. The SMILES string of the molecule is CCCC(O)CN(C)CC=O. The van der Waals surface area contributed by atoms with Gasteiger partial charge in [-0.05, 0) is 13.5 Å². The fourth-order valence-corrected chi connectivity index (χ4v) is 0.986. The molecule has 0 saturated heterocycles. The van der Waals surface area contributed by atoms with Gasteiger partial charge < -0.3 is 9.90 Å². The zero-order chi connectivity index (χ0) is 8.69. The summed E-state index contributed by atoms with van der Waals surface area (Å²) in [5.41, 5.74) is 0. The summed E-state index contributed by atoms with van der Waals surface area (Å²) in [4.78, 5) is 11.8. The van der Waals surface area contributed by atoms with Crippen LogP contribution in [0.4, 0.5) is 0 Å². The highest BCUT2D eigenvalue weighted by atomic mass is 16.3. The molecule has 0 saturated carbocycles. The highest BCUT2D eigenvalue weighted by Gasteiger charge is 2.05. The topological polar surface area (TPSA) is 40.5 Å². The van der Waals surface area contributed by atoms with Crippen LogP contribution in [0.3, 0.4) is 0 Å². The number of likely N-dealkylation sites (N-methyl/N-ethyl adjacent to an activating group) is 1. The van der Waals surface area contributed by atoms with E-state index in [0.717, 1.165) is 19.1 Å². The summed E-state index contributed by atoms with van der Waals surface area (Å²) < 4.78 is 0. The fraction of sp³-hybridized carbons (Fsp3) is 0.875. The van der Waals surface area contributed by atoms with Crippen LogP contribution in [0.1, 0.15) is 19.8 Å². The fourth-order valence-electron chi connectivity index (χ4n) is 0.986. The molecule has 0 spiro atoms. The zero-order valence-electron chi connectivity index (χ0n) is 7.29. The predicted octanol–water partition coefficient (Wildman–Crippen LogP) is 0.278. The number of aliphatic hydroxyl groups excluding tert-OH is 1. The molecule has 0 heterocycles. The van der Waals surface area contributed by atoms with Crippen LogP contribution in [-0.4, -0.2) is 42.5 Å². The Balaban J connectivity index is 3.39. The largest absolute Gasteiger partial charge is 0.392 e. The van der Waals surface area contributed by atoms with E-state index in [-0.39, 0.29) is 6.10 Å². The summed E-state index contributed by atoms with van der Waals surface area (Å²) in [7, 11) is 1.83. The van der Waals surface area contributed by atoms with Gasteiger partial charge in [0.2, 0.25) is 0 Å². The van der Waals surface area contributed by atoms with Crippen LogP contribution in [0.2, 0.25) is 0 Å². The van der Waals surface area contributed by atoms with Crippen molar-refractivity contribution in [3.63, 3.8) is 0 Å². The van der Waals surface area contributed by atoms with Gasteiger partial charge >= 0.3 is 0 Å². The molecule has 1 unspecified atom stereocenters. The van der Waals surface area contributed by atoms with E-state index in [1.54, 1.807) is 0 Å². The van der Waals surface area contributed by atoms with E-state index < -0.39 is 0 Å². The van der Waals surface area contributed by atoms with E-state index in [1.165, 1.54) is 0 Å². The van der Waals surface area contributed by atoms with Crippen molar-refractivity contribution in [1.29, 1.82) is 0 Å². The third kappa shape index (κ3) is 6.01. The summed E-state index contributed by atoms with van der Waals surface area (Å²) in [6.45, 7) is 3.02. The highest BCUT2D eigenvalue weighted by Crippen LogP contribution is 1.97. The van der Waals surface area contributed by atoms with Crippen LogP contribution in [0, 0.1) is 0 Å². The monoisotopic (exact) mass is 159 g/mol. The minimum absolute atomic E-state index is 0.287. The number of rotatable bonds is 6. The first-order valence-electron chi connectivity index (χ1n) is 4.01. The number of nitrogens with zero attached hydrogens (tertiary/aromatic N) is 1. The third-order valence-electron chi connectivity index (χ3n) is 1.53. The Morgan fingerprint density at radius 2 is 2.27 bits per heavy atom. The Bertz CT molecular complexity index is 106. The van der Waals surface area contributed by atoms with Crippen LogP contribution in [-0.2, 0) is 4.79 Å². The van der Waals surface area contributed by atoms with Gasteiger partial charge in [0.15, 0.2) is 0 Å². The summed E-state index contributed by atoms with van der Waals surface area (Å²) in [5, 5.41) is 9.29. The Morgan fingerprint density at radius 1 is 1.64 bits per heavy atom. The molecular formula is C8H17NO2. The number of aliphatic hydroxyl groups is 1. The van der Waals surface area contributed by atoms with E-state index in [0.29, 0.717) is 13.1 Å². The molecule has 0 aliphatic rings. The molecule has 66 valence electrons. The van der Waals surface area contributed by atoms with Gasteiger partial charge in [0.25, 0.3) is 0 Å². The number of hydrogen-bond donors (Lipinski definition) is 1. The highest BCUT2D eigenvalue weighted by molar-refractivity contribution is 5.51. The van der Waals surface area contributed by atoms with E-state index in [4.69, 9.17) is 0 Å². The van der Waals surface area contributed by atoms with Gasteiger partial charge in [-0.25, -0.2) is 0 Å². The van der Waals surface area contributed by atoms with Crippen molar-refractivity contribution < 1.29 is 9.90 Å². The molecule has 1 N–H and O–H groups in total. The van der Waals surface area contributed by atoms with Gasteiger partial charge in [-0.2, -0.15) is 0 Å². The lowest BCUT2D eigenvalue weighted by Gasteiger charge is -2.17. The van der Waals surface area contributed by atoms with Crippen LogP contribution < -0.4 is 0 Å². The molecule has 0 aromatic carbocycles. The van der Waals surface area contributed by atoms with Crippen molar-refractivity contribution in [2.45, 2.75) is 25.9 Å². The van der Waals surface area contributed by atoms with Gasteiger partial charge in [0.05, 0.1) is 12.6 Å². The van der Waals surface area contributed by atoms with E-state index in [1.807, 2.05) is 18.9 Å². The minimum Gasteiger partial charge on any atom is -0.392 e. The molecule has 11 heavy (non-hydrogen) atoms. The van der Waals surface area contributed by atoms with Crippen molar-refractivity contribution in [1.82, 2.24) is 4.90 Å². The minimum atomic E-state index is -0.287. The molecule has 0 aliphatic carbocycles. The molecule has 0 rings (SSSR count). The molecule has 0 amide bonds. The maximum atomic E-state index is 10.0. The Kier molecular flexibility index (Phi) is 6.07. The molecule has 0 aromatic heterocycles. The number of carbonyl (C=O) groups is 1. The summed E-state index contributed by atoms with van der Waals surface area (Å²) in [6.07, 6.45) is 2.35. The van der Waals surface area contributed by atoms with Crippen LogP contribution in [0.15, 0.2) is 0 Å². The number of aldehydes is 1. The quantitative estimate of drug-likeness (QED) is 0.566. The summed E-state index contributed by atoms with van der Waals surface area (Å²) in [6, 6.07) is 0. The molecule has 0 aliphatic heterocycles. The molecule has 0 fully saturated rings. The third-order valence-corrected chi connectivity index (χ3v) is 1.53. The first kappa shape index (κ1) is 10.6. The van der Waals surface area contributed by atoms with Crippen molar-refractivity contribution in [3.8, 4) is 0 Å². The lowest BCUT2D eigenvalue weighted by Crippen LogP contribution is -2.30. The Morgan fingerprint density at radius 3 is 2.73 bits per heavy atom. The van der Waals surface area contributed by atoms with Crippen molar-refractivity contribution in [2.24, 2.45) is 0 Å². The molecule has 3 heteroatoms. The maximum absolute atomic E-state index is 10.0. The molecule has 3 nitrogen and oxygen atoms in total. The average Bonchev–Trinajstić information content (AvgIpc) is 1.87. The van der Waals surface area contributed by atoms with Crippen molar-refractivity contribution >= 4 is 6.29 Å². The van der Waals surface area contributed by atoms with Gasteiger partial charge in [-0.3, -0.25) is 4.90 Å². The van der Waals surface area contributed by atoms with Gasteiger partial charge in [0, 0.05) is 6.54 Å². The Labute approximate surface area is 68.0 Å². The van der Waals surface area contributed by atoms with E-state index >= 15 is 0 Å². The van der Waals surface area contributed by atoms with Gasteiger partial charge in [-0.15, -0.1) is 0 Å². The number of hydrogen-bond acceptors (Lipinski definition) is 3. The van der Waals surface area contributed by atoms with Gasteiger partial charge in [-0.1, -0.05) is 13.3 Å². The van der Waals surface area contributed by atoms with Crippen LogP contribution in [0.25, 0.3) is 0 Å².